The fourth-order valence-electron chi connectivity index (χ4n) is 5.22. The van der Waals surface area contributed by atoms with Gasteiger partial charge >= 0.3 is 0 Å². The number of hydrogen-bond donors (Lipinski definition) is 2. The Kier molecular flexibility index (Phi) is 3.67. The Balaban J connectivity index is 1.91. The summed E-state index contributed by atoms with van der Waals surface area (Å²) >= 11 is 0. The lowest BCUT2D eigenvalue weighted by Gasteiger charge is -2.49. The topological polar surface area (TPSA) is 71.4 Å². The molecule has 3 aliphatic rings. The molecule has 1 aliphatic carbocycles. The maximum Gasteiger partial charge on any atom is 0.201 e. The van der Waals surface area contributed by atoms with E-state index in [1.165, 1.54) is 7.11 Å². The van der Waals surface area contributed by atoms with Gasteiger partial charge in [-0.3, -0.25) is 4.90 Å². The number of ether oxygens (including phenoxy) is 3. The molecule has 2 bridgehead atoms. The van der Waals surface area contributed by atoms with E-state index in [9.17, 15) is 10.2 Å². The smallest absolute Gasteiger partial charge is 0.201 e. The molecule has 1 aromatic carbocycles. The minimum absolute atomic E-state index is 0.0364. The van der Waals surface area contributed by atoms with E-state index in [2.05, 4.69) is 4.90 Å². The summed E-state index contributed by atoms with van der Waals surface area (Å²) in [7, 11) is 4.86. The number of phenols is 1. The molecule has 0 radical (unpaired) electrons. The summed E-state index contributed by atoms with van der Waals surface area (Å²) in [6.07, 6.45) is 2.50. The standard InChI is InChI=1S/C18H25NO5/c1-22-10-4-5-18-12-7-13(23-2)16(21)17(24-3)11(12)8-19(9-15(18)20)14(18)6-10/h7,10,14-15,20-21H,4-6,8-9H2,1-3H3/t10-,14+,15+,18+/m0/s1. The molecule has 2 heterocycles. The fraction of sp³-hybridized carbons (Fsp3) is 0.667. The molecule has 1 aromatic rings. The zero-order valence-corrected chi connectivity index (χ0v) is 14.4. The number of phenolic OH excluding ortho intramolecular Hbond substituents is 1. The third-order valence-corrected chi connectivity index (χ3v) is 6.35. The van der Waals surface area contributed by atoms with E-state index in [1.54, 1.807) is 14.2 Å². The van der Waals surface area contributed by atoms with Crippen LogP contribution in [0.25, 0.3) is 0 Å². The van der Waals surface area contributed by atoms with Crippen LogP contribution in [-0.2, 0) is 16.7 Å². The SMILES string of the molecule is COc1cc2c(c(OC)c1O)CN1C[C@@H](O)[C@]23CC[C@H](OC)C[C@@H]13. The third kappa shape index (κ3) is 1.87. The molecule has 2 N–H and O–H groups in total. The zero-order valence-electron chi connectivity index (χ0n) is 14.4. The van der Waals surface area contributed by atoms with Gasteiger partial charge in [0.1, 0.15) is 0 Å². The highest BCUT2D eigenvalue weighted by atomic mass is 16.5. The van der Waals surface area contributed by atoms with Gasteiger partial charge in [-0.05, 0) is 30.9 Å². The summed E-state index contributed by atoms with van der Waals surface area (Å²) in [5, 5.41) is 21.4. The number of hydrogen-bond acceptors (Lipinski definition) is 6. The first-order chi connectivity index (χ1) is 11.6. The quantitative estimate of drug-likeness (QED) is 0.870. The van der Waals surface area contributed by atoms with Gasteiger partial charge in [-0.15, -0.1) is 0 Å². The van der Waals surface area contributed by atoms with Gasteiger partial charge in [0.15, 0.2) is 11.5 Å². The number of rotatable bonds is 3. The van der Waals surface area contributed by atoms with Crippen LogP contribution in [0.3, 0.4) is 0 Å². The lowest BCUT2D eigenvalue weighted by molar-refractivity contribution is -0.00743. The van der Waals surface area contributed by atoms with Crippen molar-refractivity contribution in [1.82, 2.24) is 4.90 Å². The molecule has 0 amide bonds. The Morgan fingerprint density at radius 3 is 2.71 bits per heavy atom. The second kappa shape index (κ2) is 5.51. The van der Waals surface area contributed by atoms with E-state index in [0.29, 0.717) is 24.6 Å². The summed E-state index contributed by atoms with van der Waals surface area (Å²) < 4.78 is 16.5. The third-order valence-electron chi connectivity index (χ3n) is 6.35. The van der Waals surface area contributed by atoms with Gasteiger partial charge in [0.05, 0.1) is 26.4 Å². The largest absolute Gasteiger partial charge is 0.502 e. The van der Waals surface area contributed by atoms with Crippen molar-refractivity contribution in [3.8, 4) is 17.2 Å². The van der Waals surface area contributed by atoms with Crippen LogP contribution >= 0.6 is 0 Å². The number of aliphatic hydroxyl groups excluding tert-OH is 1. The van der Waals surface area contributed by atoms with E-state index in [1.807, 2.05) is 6.07 Å². The lowest BCUT2D eigenvalue weighted by Crippen LogP contribution is -2.54. The van der Waals surface area contributed by atoms with Crippen molar-refractivity contribution >= 4 is 0 Å². The number of aromatic hydroxyl groups is 1. The van der Waals surface area contributed by atoms with Gasteiger partial charge in [-0.25, -0.2) is 0 Å². The Labute approximate surface area is 141 Å². The van der Waals surface area contributed by atoms with Crippen LogP contribution in [0.15, 0.2) is 6.07 Å². The average Bonchev–Trinajstić information content (AvgIpc) is 2.81. The molecule has 6 heteroatoms. The van der Waals surface area contributed by atoms with Crippen molar-refractivity contribution in [2.75, 3.05) is 27.9 Å². The molecule has 5 atom stereocenters. The van der Waals surface area contributed by atoms with Gasteiger partial charge in [0, 0.05) is 37.2 Å². The Hall–Kier alpha value is -1.50. The Morgan fingerprint density at radius 2 is 2.04 bits per heavy atom. The van der Waals surface area contributed by atoms with Crippen LogP contribution in [0.5, 0.6) is 17.2 Å². The van der Waals surface area contributed by atoms with Crippen molar-refractivity contribution in [3.63, 3.8) is 0 Å². The van der Waals surface area contributed by atoms with Gasteiger partial charge in [-0.2, -0.15) is 0 Å². The second-order valence-corrected chi connectivity index (χ2v) is 7.12. The fourth-order valence-corrected chi connectivity index (χ4v) is 5.22. The highest BCUT2D eigenvalue weighted by Crippen LogP contribution is 2.57. The van der Waals surface area contributed by atoms with E-state index in [4.69, 9.17) is 14.2 Å². The van der Waals surface area contributed by atoms with Gasteiger partial charge < -0.3 is 24.4 Å². The molecular formula is C18H25NO5. The summed E-state index contributed by atoms with van der Waals surface area (Å²) in [5.74, 6) is 0.907. The van der Waals surface area contributed by atoms with Crippen LogP contribution < -0.4 is 9.47 Å². The van der Waals surface area contributed by atoms with Crippen LogP contribution in [0.4, 0.5) is 0 Å². The van der Waals surface area contributed by atoms with Crippen molar-refractivity contribution in [2.24, 2.45) is 0 Å². The molecule has 1 unspecified atom stereocenters. The van der Waals surface area contributed by atoms with Crippen LogP contribution in [0, 0.1) is 0 Å². The predicted molar refractivity (Wildman–Crippen MR) is 87.7 cm³/mol. The molecule has 0 spiro atoms. The molecule has 4 rings (SSSR count). The van der Waals surface area contributed by atoms with E-state index in [-0.39, 0.29) is 23.3 Å². The van der Waals surface area contributed by atoms with Crippen molar-refractivity contribution in [1.29, 1.82) is 0 Å². The number of benzene rings is 1. The van der Waals surface area contributed by atoms with Crippen molar-refractivity contribution < 1.29 is 24.4 Å². The van der Waals surface area contributed by atoms with Crippen LogP contribution in [0.1, 0.15) is 30.4 Å². The molecule has 1 saturated carbocycles. The molecular weight excluding hydrogens is 310 g/mol. The van der Waals surface area contributed by atoms with Crippen LogP contribution in [0.2, 0.25) is 0 Å². The van der Waals surface area contributed by atoms with Gasteiger partial charge in [-0.1, -0.05) is 0 Å². The number of nitrogens with zero attached hydrogens (tertiary/aromatic N) is 1. The molecule has 6 nitrogen and oxygen atoms in total. The minimum Gasteiger partial charge on any atom is -0.502 e. The van der Waals surface area contributed by atoms with E-state index in [0.717, 1.165) is 30.4 Å². The first kappa shape index (κ1) is 16.0. The Bertz CT molecular complexity index is 663. The van der Waals surface area contributed by atoms with Crippen molar-refractivity contribution in [2.45, 2.75) is 49.5 Å². The van der Waals surface area contributed by atoms with Gasteiger partial charge in [0.25, 0.3) is 0 Å². The average molecular weight is 335 g/mol. The minimum atomic E-state index is -0.430. The first-order valence-electron chi connectivity index (χ1n) is 8.49. The number of fused-ring (bicyclic) bond motifs is 1. The van der Waals surface area contributed by atoms with Gasteiger partial charge in [0.2, 0.25) is 5.75 Å². The normalized spacial score (nSPS) is 36.8. The summed E-state index contributed by atoms with van der Waals surface area (Å²) in [4.78, 5) is 2.31. The number of aliphatic hydroxyl groups is 1. The summed E-state index contributed by atoms with van der Waals surface area (Å²) in [5.41, 5.74) is 1.70. The highest BCUT2D eigenvalue weighted by molar-refractivity contribution is 5.62. The summed E-state index contributed by atoms with van der Waals surface area (Å²) in [6.45, 7) is 1.30. The molecule has 0 aromatic heterocycles. The monoisotopic (exact) mass is 335 g/mol. The number of methoxy groups -OCH3 is 3. The molecule has 1 saturated heterocycles. The first-order valence-corrected chi connectivity index (χ1v) is 8.49. The predicted octanol–water partition coefficient (Wildman–Crippen LogP) is 1.40. The van der Waals surface area contributed by atoms with Crippen LogP contribution in [-0.4, -0.2) is 61.2 Å². The highest BCUT2D eigenvalue weighted by Gasteiger charge is 2.60. The second-order valence-electron chi connectivity index (χ2n) is 7.12. The maximum absolute atomic E-state index is 11.0. The lowest BCUT2D eigenvalue weighted by atomic mass is 9.62. The van der Waals surface area contributed by atoms with Crippen molar-refractivity contribution in [3.05, 3.63) is 17.2 Å². The zero-order chi connectivity index (χ0) is 17.1. The maximum atomic E-state index is 11.0. The molecule has 2 fully saturated rings. The molecule has 2 aliphatic heterocycles. The van der Waals surface area contributed by atoms with E-state index < -0.39 is 6.10 Å². The Morgan fingerprint density at radius 1 is 1.25 bits per heavy atom. The molecule has 24 heavy (non-hydrogen) atoms. The van der Waals surface area contributed by atoms with E-state index >= 15 is 0 Å². The summed E-state index contributed by atoms with van der Waals surface area (Å²) in [6, 6.07) is 2.15. The molecule has 132 valence electrons.